The predicted octanol–water partition coefficient (Wildman–Crippen LogP) is 5.27. The van der Waals surface area contributed by atoms with Gasteiger partial charge in [-0.25, -0.2) is 9.59 Å². The third kappa shape index (κ3) is 5.78. The zero-order valence-corrected chi connectivity index (χ0v) is 20.4. The summed E-state index contributed by atoms with van der Waals surface area (Å²) in [4.78, 5) is 37.8. The largest absolute Gasteiger partial charge is 0.478 e. The number of nitrogens with zero attached hydrogens (tertiary/aromatic N) is 3. The van der Waals surface area contributed by atoms with Crippen LogP contribution in [0.3, 0.4) is 0 Å². The summed E-state index contributed by atoms with van der Waals surface area (Å²) >= 11 is 0. The molecule has 35 heavy (non-hydrogen) atoms. The summed E-state index contributed by atoms with van der Waals surface area (Å²) in [6.07, 6.45) is 6.56. The van der Waals surface area contributed by atoms with Crippen LogP contribution in [0.2, 0.25) is 0 Å². The van der Waals surface area contributed by atoms with Crippen LogP contribution in [-0.4, -0.2) is 31.3 Å². The van der Waals surface area contributed by atoms with E-state index in [0.29, 0.717) is 36.7 Å². The van der Waals surface area contributed by atoms with Crippen molar-refractivity contribution in [3.05, 3.63) is 76.0 Å². The fraction of sp³-hybridized carbons (Fsp3) is 0.429. The molecule has 1 aliphatic rings. The summed E-state index contributed by atoms with van der Waals surface area (Å²) in [6, 6.07) is 14.4. The first-order chi connectivity index (χ1) is 16.8. The molecular formula is C28H33N3O4. The van der Waals surface area contributed by atoms with E-state index in [2.05, 4.69) is 18.9 Å². The van der Waals surface area contributed by atoms with Crippen LogP contribution in [0, 0.1) is 11.8 Å². The maximum absolute atomic E-state index is 13.2. The second-order valence-electron chi connectivity index (χ2n) is 9.94. The summed E-state index contributed by atoms with van der Waals surface area (Å²) in [5.41, 5.74) is 2.17. The molecule has 2 aromatic carbocycles. The van der Waals surface area contributed by atoms with Crippen LogP contribution in [0.5, 0.6) is 0 Å². The van der Waals surface area contributed by atoms with Gasteiger partial charge in [0.2, 0.25) is 0 Å². The molecule has 1 aromatic heterocycles. The minimum atomic E-state index is -0.972. The topological polar surface area (TPSA) is 94.2 Å². The van der Waals surface area contributed by atoms with Gasteiger partial charge in [-0.05, 0) is 47.4 Å². The highest BCUT2D eigenvalue weighted by Gasteiger charge is 2.23. The Balaban J connectivity index is 1.59. The highest BCUT2D eigenvalue weighted by molar-refractivity contribution is 5.96. The van der Waals surface area contributed by atoms with Crippen molar-refractivity contribution >= 4 is 11.9 Å². The third-order valence-electron chi connectivity index (χ3n) is 6.72. The van der Waals surface area contributed by atoms with Gasteiger partial charge in [0.05, 0.1) is 12.1 Å². The van der Waals surface area contributed by atoms with Gasteiger partial charge in [-0.15, -0.1) is 9.78 Å². The Hall–Kier alpha value is -3.48. The second kappa shape index (κ2) is 10.8. The first kappa shape index (κ1) is 24.6. The first-order valence-corrected chi connectivity index (χ1v) is 12.5. The number of carbonyl (C=O) groups excluding carboxylic acids is 1. The summed E-state index contributed by atoms with van der Waals surface area (Å²) in [6.45, 7) is 4.43. The molecule has 0 aliphatic heterocycles. The number of benzene rings is 2. The number of carbonyl (C=O) groups is 2. The van der Waals surface area contributed by atoms with E-state index in [-0.39, 0.29) is 23.1 Å². The number of hydrogen-bond donors (Lipinski definition) is 1. The standard InChI is InChI=1S/C28H33N3O4/c1-19(2)16-25-29-31(26(32)17-20-8-4-3-5-9-20)28(35)30(25)18-21-12-14-22(15-13-21)23-10-6-7-11-24(23)27(33)34/h6-7,10-15,19-20H,3-5,8-9,16-18H2,1-2H3,(H,33,34). The number of rotatable bonds is 8. The van der Waals surface area contributed by atoms with Gasteiger partial charge in [0.25, 0.3) is 5.91 Å². The van der Waals surface area contributed by atoms with Crippen molar-refractivity contribution in [3.63, 3.8) is 0 Å². The summed E-state index contributed by atoms with van der Waals surface area (Å²) in [5, 5.41) is 13.9. The third-order valence-corrected chi connectivity index (χ3v) is 6.72. The number of aromatic nitrogens is 3. The molecule has 0 atom stereocenters. The van der Waals surface area contributed by atoms with Gasteiger partial charge in [-0.1, -0.05) is 75.6 Å². The van der Waals surface area contributed by atoms with Crippen molar-refractivity contribution in [1.29, 1.82) is 0 Å². The Morgan fingerprint density at radius 3 is 2.37 bits per heavy atom. The maximum atomic E-state index is 13.2. The maximum Gasteiger partial charge on any atom is 0.353 e. The Morgan fingerprint density at radius 2 is 1.71 bits per heavy atom. The van der Waals surface area contributed by atoms with Gasteiger partial charge in [0.1, 0.15) is 5.82 Å². The smallest absolute Gasteiger partial charge is 0.353 e. The average molecular weight is 476 g/mol. The number of aromatic carboxylic acids is 1. The number of carboxylic acids is 1. The monoisotopic (exact) mass is 475 g/mol. The molecule has 0 bridgehead atoms. The van der Waals surface area contributed by atoms with Crippen LogP contribution in [0.4, 0.5) is 0 Å². The van der Waals surface area contributed by atoms with Crippen LogP contribution >= 0.6 is 0 Å². The molecule has 0 saturated heterocycles. The number of hydrogen-bond acceptors (Lipinski definition) is 4. The van der Waals surface area contributed by atoms with E-state index < -0.39 is 5.97 Å². The van der Waals surface area contributed by atoms with Gasteiger partial charge in [0, 0.05) is 12.8 Å². The SMILES string of the molecule is CC(C)Cc1nn(C(=O)CC2CCCCC2)c(=O)n1Cc1ccc(-c2ccccc2C(=O)O)cc1. The van der Waals surface area contributed by atoms with E-state index in [1.807, 2.05) is 30.3 Å². The van der Waals surface area contributed by atoms with Crippen LogP contribution in [0.1, 0.15) is 78.9 Å². The van der Waals surface area contributed by atoms with Crippen molar-refractivity contribution in [2.24, 2.45) is 11.8 Å². The molecule has 0 spiro atoms. The van der Waals surface area contributed by atoms with Crippen molar-refractivity contribution < 1.29 is 14.7 Å². The van der Waals surface area contributed by atoms with Gasteiger partial charge in [0.15, 0.2) is 0 Å². The lowest BCUT2D eigenvalue weighted by atomic mass is 9.87. The molecule has 7 heteroatoms. The molecule has 1 saturated carbocycles. The fourth-order valence-corrected chi connectivity index (χ4v) is 4.89. The normalized spacial score (nSPS) is 14.4. The molecule has 1 fully saturated rings. The van der Waals surface area contributed by atoms with E-state index in [4.69, 9.17) is 0 Å². The quantitative estimate of drug-likeness (QED) is 0.479. The molecular weight excluding hydrogens is 442 g/mol. The zero-order chi connectivity index (χ0) is 24.9. The van der Waals surface area contributed by atoms with Crippen molar-refractivity contribution in [2.75, 3.05) is 0 Å². The Labute approximate surface area is 205 Å². The van der Waals surface area contributed by atoms with Crippen molar-refractivity contribution in [1.82, 2.24) is 14.3 Å². The molecule has 1 aliphatic carbocycles. The minimum absolute atomic E-state index is 0.216. The van der Waals surface area contributed by atoms with Crippen LogP contribution in [0.15, 0.2) is 53.3 Å². The lowest BCUT2D eigenvalue weighted by Gasteiger charge is -2.20. The minimum Gasteiger partial charge on any atom is -0.478 e. The summed E-state index contributed by atoms with van der Waals surface area (Å²) < 4.78 is 2.67. The van der Waals surface area contributed by atoms with E-state index in [1.54, 1.807) is 22.8 Å². The van der Waals surface area contributed by atoms with Gasteiger partial charge >= 0.3 is 11.7 Å². The van der Waals surface area contributed by atoms with Crippen LogP contribution < -0.4 is 5.69 Å². The molecule has 0 radical (unpaired) electrons. The predicted molar refractivity (Wildman–Crippen MR) is 135 cm³/mol. The second-order valence-corrected chi connectivity index (χ2v) is 9.94. The van der Waals surface area contributed by atoms with Gasteiger partial charge in [-0.3, -0.25) is 9.36 Å². The summed E-state index contributed by atoms with van der Waals surface area (Å²) in [7, 11) is 0. The van der Waals surface area contributed by atoms with Crippen molar-refractivity contribution in [2.45, 2.75) is 65.3 Å². The van der Waals surface area contributed by atoms with Gasteiger partial charge < -0.3 is 5.11 Å². The number of carboxylic acid groups (broad SMARTS) is 1. The van der Waals surface area contributed by atoms with E-state index in [1.165, 1.54) is 6.42 Å². The van der Waals surface area contributed by atoms with Crippen molar-refractivity contribution in [3.8, 4) is 11.1 Å². The van der Waals surface area contributed by atoms with E-state index in [9.17, 15) is 19.5 Å². The molecule has 0 unspecified atom stereocenters. The van der Waals surface area contributed by atoms with Gasteiger partial charge in [-0.2, -0.15) is 0 Å². The molecule has 1 N–H and O–H groups in total. The Bertz CT molecular complexity index is 1250. The first-order valence-electron chi connectivity index (χ1n) is 12.5. The van der Waals surface area contributed by atoms with Crippen LogP contribution in [0.25, 0.3) is 11.1 Å². The zero-order valence-electron chi connectivity index (χ0n) is 20.4. The van der Waals surface area contributed by atoms with Crippen LogP contribution in [-0.2, 0) is 13.0 Å². The highest BCUT2D eigenvalue weighted by atomic mass is 16.4. The summed E-state index contributed by atoms with van der Waals surface area (Å²) in [5.74, 6) is 0.0452. The molecule has 0 amide bonds. The Kier molecular flexibility index (Phi) is 7.63. The Morgan fingerprint density at radius 1 is 1.03 bits per heavy atom. The molecule has 3 aromatic rings. The molecule has 1 heterocycles. The molecule has 184 valence electrons. The van der Waals surface area contributed by atoms with E-state index in [0.717, 1.165) is 41.5 Å². The molecule has 4 rings (SSSR count). The molecule has 7 nitrogen and oxygen atoms in total. The highest BCUT2D eigenvalue weighted by Crippen LogP contribution is 2.27. The average Bonchev–Trinajstić information content (AvgIpc) is 3.14. The lowest BCUT2D eigenvalue weighted by molar-refractivity contribution is 0.0697. The fourth-order valence-electron chi connectivity index (χ4n) is 4.89. The lowest BCUT2D eigenvalue weighted by Crippen LogP contribution is -2.31. The van der Waals surface area contributed by atoms with E-state index >= 15 is 0 Å².